The number of fused-ring (bicyclic) bond motifs is 1. The Morgan fingerprint density at radius 1 is 0.966 bits per heavy atom. The van der Waals surface area contributed by atoms with Crippen LogP contribution in [-0.4, -0.2) is 42.3 Å². The van der Waals surface area contributed by atoms with Gasteiger partial charge in [0.2, 0.25) is 11.8 Å². The summed E-state index contributed by atoms with van der Waals surface area (Å²) in [5, 5.41) is 3.00. The quantitative estimate of drug-likeness (QED) is 0.874. The summed E-state index contributed by atoms with van der Waals surface area (Å²) in [6.45, 7) is 3.41. The van der Waals surface area contributed by atoms with Gasteiger partial charge in [-0.3, -0.25) is 14.4 Å². The molecule has 6 heteroatoms. The predicted molar refractivity (Wildman–Crippen MR) is 112 cm³/mol. The van der Waals surface area contributed by atoms with E-state index in [-0.39, 0.29) is 23.6 Å². The molecule has 1 saturated heterocycles. The van der Waals surface area contributed by atoms with Gasteiger partial charge in [-0.25, -0.2) is 0 Å². The fourth-order valence-electron chi connectivity index (χ4n) is 4.14. The van der Waals surface area contributed by atoms with Crippen LogP contribution in [0.15, 0.2) is 48.5 Å². The highest BCUT2D eigenvalue weighted by molar-refractivity contribution is 5.97. The summed E-state index contributed by atoms with van der Waals surface area (Å²) in [6, 6.07) is 15.0. The van der Waals surface area contributed by atoms with E-state index in [0.29, 0.717) is 43.7 Å². The lowest BCUT2D eigenvalue weighted by atomic mass is 9.95. The topological polar surface area (TPSA) is 69.7 Å². The third-order valence-electron chi connectivity index (χ3n) is 5.80. The van der Waals surface area contributed by atoms with Gasteiger partial charge in [0.05, 0.1) is 0 Å². The van der Waals surface area contributed by atoms with Crippen molar-refractivity contribution in [3.63, 3.8) is 0 Å². The number of benzene rings is 2. The van der Waals surface area contributed by atoms with Gasteiger partial charge >= 0.3 is 0 Å². The normalized spacial score (nSPS) is 16.4. The lowest BCUT2D eigenvalue weighted by Gasteiger charge is -2.31. The number of hydrogen-bond acceptors (Lipinski definition) is 3. The van der Waals surface area contributed by atoms with E-state index in [1.807, 2.05) is 53.4 Å². The fraction of sp³-hybridized carbons (Fsp3) is 0.348. The van der Waals surface area contributed by atoms with Gasteiger partial charge in [-0.1, -0.05) is 24.3 Å². The molecule has 0 aromatic heterocycles. The Morgan fingerprint density at radius 3 is 2.38 bits per heavy atom. The van der Waals surface area contributed by atoms with Crippen molar-refractivity contribution in [1.82, 2.24) is 4.90 Å². The van der Waals surface area contributed by atoms with E-state index >= 15 is 0 Å². The van der Waals surface area contributed by atoms with E-state index in [2.05, 4.69) is 5.32 Å². The lowest BCUT2D eigenvalue weighted by molar-refractivity contribution is -0.121. The van der Waals surface area contributed by atoms with Gasteiger partial charge in [-0.05, 0) is 49.1 Å². The molecule has 150 valence electrons. The van der Waals surface area contributed by atoms with Crippen LogP contribution in [0.2, 0.25) is 0 Å². The van der Waals surface area contributed by atoms with Crippen LogP contribution in [0.25, 0.3) is 0 Å². The first-order valence-corrected chi connectivity index (χ1v) is 10.1. The Morgan fingerprint density at radius 2 is 1.69 bits per heavy atom. The number of rotatable bonds is 3. The zero-order valence-electron chi connectivity index (χ0n) is 16.6. The van der Waals surface area contributed by atoms with E-state index in [1.165, 1.54) is 0 Å². The fourth-order valence-corrected chi connectivity index (χ4v) is 4.14. The monoisotopic (exact) mass is 391 g/mol. The summed E-state index contributed by atoms with van der Waals surface area (Å²) in [5.74, 6) is -0.105. The number of amides is 3. The minimum atomic E-state index is -0.119. The maximum Gasteiger partial charge on any atom is 0.253 e. The summed E-state index contributed by atoms with van der Waals surface area (Å²) in [5.41, 5.74) is 3.41. The summed E-state index contributed by atoms with van der Waals surface area (Å²) in [4.78, 5) is 40.6. The van der Waals surface area contributed by atoms with Crippen molar-refractivity contribution in [3.8, 4) is 0 Å². The van der Waals surface area contributed by atoms with Crippen LogP contribution in [-0.2, 0) is 16.0 Å². The Labute approximate surface area is 170 Å². The van der Waals surface area contributed by atoms with Gasteiger partial charge in [0.1, 0.15) is 0 Å². The van der Waals surface area contributed by atoms with Gasteiger partial charge in [0.15, 0.2) is 0 Å². The molecule has 2 aliphatic heterocycles. The van der Waals surface area contributed by atoms with E-state index < -0.39 is 0 Å². The first kappa shape index (κ1) is 19.2. The van der Waals surface area contributed by atoms with Crippen molar-refractivity contribution in [2.24, 2.45) is 5.92 Å². The lowest BCUT2D eigenvalue weighted by Crippen LogP contribution is -2.41. The number of hydrogen-bond donors (Lipinski definition) is 1. The Hall–Kier alpha value is -3.15. The second kappa shape index (κ2) is 8.07. The molecule has 29 heavy (non-hydrogen) atoms. The van der Waals surface area contributed by atoms with E-state index in [0.717, 1.165) is 17.7 Å². The summed E-state index contributed by atoms with van der Waals surface area (Å²) < 4.78 is 0. The number of anilines is 2. The Kier molecular flexibility index (Phi) is 5.34. The highest BCUT2D eigenvalue weighted by Crippen LogP contribution is 2.31. The molecule has 6 nitrogen and oxygen atoms in total. The number of likely N-dealkylation sites (tertiary alicyclic amines) is 1. The summed E-state index contributed by atoms with van der Waals surface area (Å²) in [6.07, 6.45) is 2.14. The van der Waals surface area contributed by atoms with Gasteiger partial charge < -0.3 is 15.1 Å². The van der Waals surface area contributed by atoms with Crippen molar-refractivity contribution in [3.05, 3.63) is 59.7 Å². The predicted octanol–water partition coefficient (Wildman–Crippen LogP) is 3.09. The molecule has 0 aliphatic carbocycles. The minimum absolute atomic E-state index is 0.0164. The summed E-state index contributed by atoms with van der Waals surface area (Å²) in [7, 11) is 0. The van der Waals surface area contributed by atoms with Gasteiger partial charge in [-0.2, -0.15) is 0 Å². The van der Waals surface area contributed by atoms with Crippen LogP contribution in [0.3, 0.4) is 0 Å². The van der Waals surface area contributed by atoms with E-state index in [9.17, 15) is 14.4 Å². The Balaban J connectivity index is 1.36. The van der Waals surface area contributed by atoms with Crippen LogP contribution in [0.5, 0.6) is 0 Å². The number of nitrogens with one attached hydrogen (secondary N) is 1. The van der Waals surface area contributed by atoms with Gasteiger partial charge in [-0.15, -0.1) is 0 Å². The SMILES string of the molecule is CC(=O)N1CCc2ccc(NC(=O)C3CCN(C(=O)c4ccccc4)CC3)cc21. The van der Waals surface area contributed by atoms with Crippen molar-refractivity contribution < 1.29 is 14.4 Å². The standard InChI is InChI=1S/C23H25N3O3/c1-16(27)26-14-11-17-7-8-20(15-21(17)26)24-22(28)18-9-12-25(13-10-18)23(29)19-5-3-2-4-6-19/h2-8,15,18H,9-14H2,1H3,(H,24,28). The van der Waals surface area contributed by atoms with Crippen LogP contribution in [0, 0.1) is 5.92 Å². The van der Waals surface area contributed by atoms with Gasteiger partial charge in [0.25, 0.3) is 5.91 Å². The molecular weight excluding hydrogens is 366 g/mol. The molecule has 1 fully saturated rings. The zero-order chi connectivity index (χ0) is 20.4. The van der Waals surface area contributed by atoms with Crippen LogP contribution >= 0.6 is 0 Å². The smallest absolute Gasteiger partial charge is 0.253 e. The van der Waals surface area contributed by atoms with Crippen LogP contribution < -0.4 is 10.2 Å². The number of nitrogens with zero attached hydrogens (tertiary/aromatic N) is 2. The van der Waals surface area contributed by atoms with Crippen molar-refractivity contribution in [1.29, 1.82) is 0 Å². The second-order valence-corrected chi connectivity index (χ2v) is 7.69. The molecule has 2 aliphatic rings. The Bertz CT molecular complexity index is 934. The minimum Gasteiger partial charge on any atom is -0.339 e. The molecule has 4 rings (SSSR count). The molecule has 1 N–H and O–H groups in total. The number of carbonyl (C=O) groups excluding carboxylic acids is 3. The maximum absolute atomic E-state index is 12.7. The zero-order valence-corrected chi connectivity index (χ0v) is 16.6. The first-order chi connectivity index (χ1) is 14.0. The molecule has 0 bridgehead atoms. The number of piperidine rings is 1. The summed E-state index contributed by atoms with van der Waals surface area (Å²) >= 11 is 0. The highest BCUT2D eigenvalue weighted by atomic mass is 16.2. The molecule has 3 amide bonds. The largest absolute Gasteiger partial charge is 0.339 e. The molecular formula is C23H25N3O3. The van der Waals surface area contributed by atoms with E-state index in [4.69, 9.17) is 0 Å². The average Bonchev–Trinajstić information content (AvgIpc) is 3.17. The molecule has 0 spiro atoms. The molecule has 0 radical (unpaired) electrons. The molecule has 2 aromatic carbocycles. The van der Waals surface area contributed by atoms with Crippen molar-refractivity contribution in [2.75, 3.05) is 29.9 Å². The molecule has 0 unspecified atom stereocenters. The third-order valence-corrected chi connectivity index (χ3v) is 5.80. The maximum atomic E-state index is 12.7. The van der Waals surface area contributed by atoms with E-state index in [1.54, 1.807) is 11.8 Å². The molecule has 0 atom stereocenters. The van der Waals surface area contributed by atoms with Crippen molar-refractivity contribution in [2.45, 2.75) is 26.2 Å². The third kappa shape index (κ3) is 4.01. The molecule has 2 heterocycles. The average molecular weight is 391 g/mol. The van der Waals surface area contributed by atoms with Gasteiger partial charge in [0, 0.05) is 49.4 Å². The first-order valence-electron chi connectivity index (χ1n) is 10.1. The molecule has 0 saturated carbocycles. The van der Waals surface area contributed by atoms with Crippen LogP contribution in [0.1, 0.15) is 35.7 Å². The second-order valence-electron chi connectivity index (χ2n) is 7.69. The highest BCUT2D eigenvalue weighted by Gasteiger charge is 2.28. The number of carbonyl (C=O) groups is 3. The van der Waals surface area contributed by atoms with Crippen LogP contribution in [0.4, 0.5) is 11.4 Å². The van der Waals surface area contributed by atoms with Crippen molar-refractivity contribution >= 4 is 29.1 Å². The molecule has 2 aromatic rings.